The van der Waals surface area contributed by atoms with E-state index in [1.54, 1.807) is 44.4 Å². The molecule has 4 aromatic rings. The van der Waals surface area contributed by atoms with Crippen LogP contribution < -0.4 is 19.5 Å². The lowest BCUT2D eigenvalue weighted by Gasteiger charge is -2.34. The number of carbonyl (C=O) groups excluding carboxylic acids is 3. The molecule has 280 valence electrons. The van der Waals surface area contributed by atoms with Gasteiger partial charge in [-0.05, 0) is 66.6 Å². The molecule has 53 heavy (non-hydrogen) atoms. The Balaban J connectivity index is 1.00. The fourth-order valence-corrected chi connectivity index (χ4v) is 6.43. The highest BCUT2D eigenvalue weighted by atomic mass is 16.6. The van der Waals surface area contributed by atoms with E-state index in [1.807, 2.05) is 41.3 Å². The Morgan fingerprint density at radius 2 is 1.55 bits per heavy atom. The lowest BCUT2D eigenvalue weighted by Crippen LogP contribution is -2.34. The number of fused-ring (bicyclic) bond motifs is 1. The lowest BCUT2D eigenvalue weighted by molar-refractivity contribution is -0.121. The zero-order valence-electron chi connectivity index (χ0n) is 30.3. The molecule has 1 heterocycles. The van der Waals surface area contributed by atoms with Gasteiger partial charge in [0.25, 0.3) is 0 Å². The SMILES string of the molecule is CNC(=O)CCC(C=O)N(C)Cc1cc(OCCOCCOCCOc2ccc(C3c4ccc(O)cc4OCC3c3ccccc3)cc2)ccc1C=O. The molecule has 1 aliphatic heterocycles. The molecule has 3 atom stereocenters. The van der Waals surface area contributed by atoms with Gasteiger partial charge in [0.15, 0.2) is 0 Å². The molecule has 0 saturated carbocycles. The highest BCUT2D eigenvalue weighted by molar-refractivity contribution is 5.78. The van der Waals surface area contributed by atoms with Crippen LogP contribution in [0.2, 0.25) is 0 Å². The van der Waals surface area contributed by atoms with Crippen LogP contribution in [0.25, 0.3) is 0 Å². The van der Waals surface area contributed by atoms with Crippen LogP contribution in [-0.4, -0.2) is 94.9 Å². The number of carbonyl (C=O) groups is 3. The minimum Gasteiger partial charge on any atom is -0.508 e. The van der Waals surface area contributed by atoms with Crippen LogP contribution in [0.15, 0.2) is 91.0 Å². The number of benzene rings is 4. The van der Waals surface area contributed by atoms with Gasteiger partial charge in [0.2, 0.25) is 5.91 Å². The van der Waals surface area contributed by atoms with E-state index in [-0.39, 0.29) is 29.9 Å². The van der Waals surface area contributed by atoms with E-state index >= 15 is 0 Å². The fourth-order valence-electron chi connectivity index (χ4n) is 6.43. The minimum atomic E-state index is -0.460. The molecule has 0 aliphatic carbocycles. The summed E-state index contributed by atoms with van der Waals surface area (Å²) in [7, 11) is 3.35. The first-order valence-electron chi connectivity index (χ1n) is 17.9. The molecule has 2 N–H and O–H groups in total. The van der Waals surface area contributed by atoms with E-state index in [2.05, 4.69) is 29.6 Å². The van der Waals surface area contributed by atoms with Gasteiger partial charge in [-0.2, -0.15) is 0 Å². The molecule has 0 fully saturated rings. The third-order valence-corrected chi connectivity index (χ3v) is 9.32. The zero-order chi connectivity index (χ0) is 37.4. The van der Waals surface area contributed by atoms with Crippen LogP contribution in [0.1, 0.15) is 57.3 Å². The summed E-state index contributed by atoms with van der Waals surface area (Å²) < 4.78 is 29.2. The van der Waals surface area contributed by atoms with Crippen molar-refractivity contribution < 1.29 is 43.2 Å². The number of amides is 1. The van der Waals surface area contributed by atoms with Gasteiger partial charge in [-0.3, -0.25) is 14.5 Å². The number of rotatable bonds is 21. The maximum Gasteiger partial charge on any atom is 0.219 e. The first kappa shape index (κ1) is 39.0. The number of likely N-dealkylation sites (N-methyl/N-ethyl adjacent to an activating group) is 1. The average Bonchev–Trinajstić information content (AvgIpc) is 3.19. The second-order valence-corrected chi connectivity index (χ2v) is 12.8. The monoisotopic (exact) mass is 724 g/mol. The summed E-state index contributed by atoms with van der Waals surface area (Å²) in [5, 5.41) is 12.6. The number of aromatic hydroxyl groups is 1. The molecule has 1 aliphatic rings. The number of hydrogen-bond donors (Lipinski definition) is 2. The van der Waals surface area contributed by atoms with Gasteiger partial charge < -0.3 is 38.9 Å². The van der Waals surface area contributed by atoms with Crippen LogP contribution in [0.4, 0.5) is 0 Å². The molecule has 11 nitrogen and oxygen atoms in total. The number of hydrogen-bond acceptors (Lipinski definition) is 10. The maximum absolute atomic E-state index is 11.7. The number of nitrogens with one attached hydrogen (secondary N) is 1. The predicted molar refractivity (Wildman–Crippen MR) is 200 cm³/mol. The molecular weight excluding hydrogens is 676 g/mol. The average molecular weight is 725 g/mol. The quantitative estimate of drug-likeness (QED) is 0.0836. The highest BCUT2D eigenvalue weighted by Gasteiger charge is 2.33. The summed E-state index contributed by atoms with van der Waals surface area (Å²) in [5.41, 5.74) is 4.62. The van der Waals surface area contributed by atoms with E-state index in [0.29, 0.717) is 76.3 Å². The summed E-state index contributed by atoms with van der Waals surface area (Å²) in [4.78, 5) is 36.7. The molecule has 3 unspecified atom stereocenters. The van der Waals surface area contributed by atoms with Gasteiger partial charge in [0, 0.05) is 49.0 Å². The highest BCUT2D eigenvalue weighted by Crippen LogP contribution is 2.47. The molecular formula is C42H48N2O9. The van der Waals surface area contributed by atoms with Crippen LogP contribution >= 0.6 is 0 Å². The Hall–Kier alpha value is -5.23. The second kappa shape index (κ2) is 20.1. The van der Waals surface area contributed by atoms with Crippen LogP contribution in [0.5, 0.6) is 23.0 Å². The fraction of sp³-hybridized carbons (Fsp3) is 0.357. The molecule has 0 aromatic heterocycles. The largest absolute Gasteiger partial charge is 0.508 e. The van der Waals surface area contributed by atoms with Gasteiger partial charge in [0.1, 0.15) is 48.8 Å². The molecule has 0 spiro atoms. The summed E-state index contributed by atoms with van der Waals surface area (Å²) in [6.07, 6.45) is 2.21. The van der Waals surface area contributed by atoms with Crippen LogP contribution in [0.3, 0.4) is 0 Å². The van der Waals surface area contributed by atoms with Crippen molar-refractivity contribution in [3.63, 3.8) is 0 Å². The number of phenolic OH excluding ortho intramolecular Hbond substituents is 1. The Kier molecular flexibility index (Phi) is 14.8. The third kappa shape index (κ3) is 11.1. The molecule has 11 heteroatoms. The molecule has 0 bridgehead atoms. The Morgan fingerprint density at radius 3 is 2.23 bits per heavy atom. The second-order valence-electron chi connectivity index (χ2n) is 12.8. The van der Waals surface area contributed by atoms with Gasteiger partial charge in [0.05, 0.1) is 39.1 Å². The van der Waals surface area contributed by atoms with Crippen molar-refractivity contribution in [1.29, 1.82) is 0 Å². The number of nitrogens with zero attached hydrogens (tertiary/aromatic N) is 1. The molecule has 1 amide bonds. The lowest BCUT2D eigenvalue weighted by atomic mass is 9.76. The summed E-state index contributed by atoms with van der Waals surface area (Å²) >= 11 is 0. The standard InChI is InChI=1S/C42H48N2O9/c1-43-41(48)17-11-34(28-46)44(2)26-33-24-37(15-10-32(33)27-45)52-23-21-50-19-18-49-20-22-51-36-13-8-31(9-14-36)42-38-16-12-35(47)25-40(38)53-29-39(42)30-6-4-3-5-7-30/h3-10,12-16,24-25,27-28,34,39,42,47H,11,17-23,26,29H2,1-2H3,(H,43,48). The first-order valence-corrected chi connectivity index (χ1v) is 17.9. The van der Waals surface area contributed by atoms with E-state index in [1.165, 1.54) is 5.56 Å². The topological polar surface area (TPSA) is 133 Å². The Morgan fingerprint density at radius 1 is 0.868 bits per heavy atom. The maximum atomic E-state index is 11.7. The van der Waals surface area contributed by atoms with E-state index in [9.17, 15) is 19.5 Å². The van der Waals surface area contributed by atoms with Gasteiger partial charge in [-0.15, -0.1) is 0 Å². The Labute approximate surface area is 310 Å². The van der Waals surface area contributed by atoms with E-state index in [0.717, 1.165) is 35.0 Å². The first-order chi connectivity index (χ1) is 25.9. The minimum absolute atomic E-state index is 0.0625. The van der Waals surface area contributed by atoms with Crippen molar-refractivity contribution in [2.24, 2.45) is 0 Å². The summed E-state index contributed by atoms with van der Waals surface area (Å²) in [5.74, 6) is 2.29. The van der Waals surface area contributed by atoms with E-state index < -0.39 is 6.04 Å². The molecule has 0 radical (unpaired) electrons. The van der Waals surface area contributed by atoms with Gasteiger partial charge in [-0.25, -0.2) is 0 Å². The van der Waals surface area contributed by atoms with Crippen molar-refractivity contribution in [2.45, 2.75) is 37.3 Å². The van der Waals surface area contributed by atoms with Crippen molar-refractivity contribution in [2.75, 3.05) is 60.3 Å². The van der Waals surface area contributed by atoms with Crippen LogP contribution in [-0.2, 0) is 25.6 Å². The van der Waals surface area contributed by atoms with Crippen molar-refractivity contribution in [3.8, 4) is 23.0 Å². The zero-order valence-corrected chi connectivity index (χ0v) is 30.3. The smallest absolute Gasteiger partial charge is 0.219 e. The predicted octanol–water partition coefficient (Wildman–Crippen LogP) is 5.53. The molecule has 0 saturated heterocycles. The summed E-state index contributed by atoms with van der Waals surface area (Å²) in [6, 6.07) is 28.6. The van der Waals surface area contributed by atoms with Crippen molar-refractivity contribution in [3.05, 3.63) is 119 Å². The van der Waals surface area contributed by atoms with Gasteiger partial charge in [-0.1, -0.05) is 48.5 Å². The van der Waals surface area contributed by atoms with Gasteiger partial charge >= 0.3 is 0 Å². The van der Waals surface area contributed by atoms with Crippen molar-refractivity contribution >= 4 is 18.5 Å². The number of phenols is 1. The molecule has 5 rings (SSSR count). The summed E-state index contributed by atoms with van der Waals surface area (Å²) in [6.45, 7) is 3.13. The van der Waals surface area contributed by atoms with E-state index in [4.69, 9.17) is 23.7 Å². The normalized spacial score (nSPS) is 15.5. The number of aldehydes is 2. The van der Waals surface area contributed by atoms with Crippen molar-refractivity contribution in [1.82, 2.24) is 10.2 Å². The molecule has 4 aromatic carbocycles. The number of ether oxygens (including phenoxy) is 5. The van der Waals surface area contributed by atoms with Crippen LogP contribution in [0, 0.1) is 0 Å². The Bertz CT molecular complexity index is 1770. The third-order valence-electron chi connectivity index (χ3n) is 9.32.